The highest BCUT2D eigenvalue weighted by atomic mass is 16.3. The number of benzene rings is 1. The number of hydrogen-bond donors (Lipinski definition) is 3. The molecule has 1 aromatic rings. The van der Waals surface area contributed by atoms with Crippen molar-refractivity contribution in [2.45, 2.75) is 31.4 Å². The molecule has 3 unspecified atom stereocenters. The van der Waals surface area contributed by atoms with Gasteiger partial charge in [0.25, 0.3) is 0 Å². The van der Waals surface area contributed by atoms with E-state index in [1.807, 2.05) is 24.3 Å². The average molecular weight is 274 g/mol. The number of amides is 2. The lowest BCUT2D eigenvalue weighted by Gasteiger charge is -2.25. The number of piperidine rings is 1. The molecule has 0 aromatic heterocycles. The van der Waals surface area contributed by atoms with Crippen molar-refractivity contribution in [1.29, 1.82) is 0 Å². The Labute approximate surface area is 117 Å². The van der Waals surface area contributed by atoms with Gasteiger partial charge in [-0.2, -0.15) is 0 Å². The number of nitrogens with one attached hydrogen (secondary N) is 2. The largest absolute Gasteiger partial charge is 0.390 e. The van der Waals surface area contributed by atoms with Crippen LogP contribution < -0.4 is 10.6 Å². The first-order valence-electron chi connectivity index (χ1n) is 6.98. The van der Waals surface area contributed by atoms with Crippen molar-refractivity contribution >= 4 is 11.8 Å². The Balaban J connectivity index is 1.71. The molecule has 1 aliphatic heterocycles. The molecule has 0 radical (unpaired) electrons. The molecule has 2 amide bonds. The van der Waals surface area contributed by atoms with E-state index in [-0.39, 0.29) is 30.2 Å². The Morgan fingerprint density at radius 1 is 1.30 bits per heavy atom. The van der Waals surface area contributed by atoms with Gasteiger partial charge in [0.1, 0.15) is 0 Å². The van der Waals surface area contributed by atoms with Gasteiger partial charge < -0.3 is 15.7 Å². The summed E-state index contributed by atoms with van der Waals surface area (Å²) in [6, 6.07) is 7.39. The lowest BCUT2D eigenvalue weighted by molar-refractivity contribution is -0.133. The molecule has 3 rings (SSSR count). The number of hydrogen-bond acceptors (Lipinski definition) is 3. The van der Waals surface area contributed by atoms with E-state index in [1.54, 1.807) is 0 Å². The fourth-order valence-corrected chi connectivity index (χ4v) is 3.03. The fourth-order valence-electron chi connectivity index (χ4n) is 3.03. The molecule has 20 heavy (non-hydrogen) atoms. The second-order valence-electron chi connectivity index (χ2n) is 5.50. The van der Waals surface area contributed by atoms with E-state index in [2.05, 4.69) is 10.6 Å². The molecule has 5 nitrogen and oxygen atoms in total. The van der Waals surface area contributed by atoms with E-state index in [4.69, 9.17) is 0 Å². The van der Waals surface area contributed by atoms with Crippen molar-refractivity contribution < 1.29 is 14.7 Å². The second kappa shape index (κ2) is 5.25. The Hall–Kier alpha value is -1.88. The third-order valence-electron chi connectivity index (χ3n) is 4.12. The number of fused-ring (bicyclic) bond motifs is 1. The second-order valence-corrected chi connectivity index (χ2v) is 5.50. The van der Waals surface area contributed by atoms with Crippen molar-refractivity contribution in [3.63, 3.8) is 0 Å². The predicted octanol–water partition coefficient (Wildman–Crippen LogP) is 0.287. The summed E-state index contributed by atoms with van der Waals surface area (Å²) in [7, 11) is 0. The maximum Gasteiger partial charge on any atom is 0.224 e. The number of aliphatic hydroxyl groups excluding tert-OH is 1. The minimum Gasteiger partial charge on any atom is -0.390 e. The van der Waals surface area contributed by atoms with Crippen LogP contribution in [0.1, 0.15) is 30.0 Å². The summed E-state index contributed by atoms with van der Waals surface area (Å²) in [5.74, 6) is -0.506. The minimum atomic E-state index is -0.589. The van der Waals surface area contributed by atoms with Crippen LogP contribution in [0.4, 0.5) is 0 Å². The van der Waals surface area contributed by atoms with Gasteiger partial charge >= 0.3 is 0 Å². The molecule has 3 N–H and O–H groups in total. The number of aliphatic hydroxyl groups is 1. The van der Waals surface area contributed by atoms with Crippen molar-refractivity contribution in [2.75, 3.05) is 6.54 Å². The quantitative estimate of drug-likeness (QED) is 0.725. The van der Waals surface area contributed by atoms with Crippen LogP contribution in [0.2, 0.25) is 0 Å². The topological polar surface area (TPSA) is 78.4 Å². The molecule has 1 saturated heterocycles. The van der Waals surface area contributed by atoms with Crippen LogP contribution in [0.5, 0.6) is 0 Å². The molecule has 1 heterocycles. The van der Waals surface area contributed by atoms with Crippen LogP contribution >= 0.6 is 0 Å². The van der Waals surface area contributed by atoms with Crippen LogP contribution in [0.15, 0.2) is 24.3 Å². The summed E-state index contributed by atoms with van der Waals surface area (Å²) >= 11 is 0. The number of carbonyl (C=O) groups is 2. The molecule has 1 aliphatic carbocycles. The minimum absolute atomic E-state index is 0.0798. The Morgan fingerprint density at radius 2 is 2.10 bits per heavy atom. The van der Waals surface area contributed by atoms with Crippen LogP contribution in [0.3, 0.4) is 0 Å². The molecular weight excluding hydrogens is 256 g/mol. The number of rotatable bonds is 2. The summed E-state index contributed by atoms with van der Waals surface area (Å²) in [4.78, 5) is 23.6. The van der Waals surface area contributed by atoms with Crippen LogP contribution in [0.25, 0.3) is 0 Å². The molecule has 0 saturated carbocycles. The van der Waals surface area contributed by atoms with Gasteiger partial charge in [-0.05, 0) is 17.5 Å². The standard InChI is InChI=1S/C15H18N2O3/c18-12-7-9-3-1-2-4-11(9)14(12)17-15(20)10-5-6-16-13(19)8-10/h1-4,10,12,14,18H,5-8H2,(H,16,19)(H,17,20). The summed E-state index contributed by atoms with van der Waals surface area (Å²) in [5, 5.41) is 15.7. The fraction of sp³-hybridized carbons (Fsp3) is 0.467. The SMILES string of the molecule is O=C1CC(C(=O)NC2c3ccccc3CC2O)CCN1. The van der Waals surface area contributed by atoms with Gasteiger partial charge in [-0.15, -0.1) is 0 Å². The Kier molecular flexibility index (Phi) is 3.44. The average Bonchev–Trinajstić information content (AvgIpc) is 2.75. The lowest BCUT2D eigenvalue weighted by Crippen LogP contribution is -2.43. The van der Waals surface area contributed by atoms with E-state index in [0.717, 1.165) is 11.1 Å². The maximum atomic E-state index is 12.3. The highest BCUT2D eigenvalue weighted by molar-refractivity contribution is 5.87. The van der Waals surface area contributed by atoms with E-state index in [0.29, 0.717) is 19.4 Å². The molecule has 0 bridgehead atoms. The van der Waals surface area contributed by atoms with Gasteiger partial charge in [0.05, 0.1) is 12.1 Å². The lowest BCUT2D eigenvalue weighted by atomic mass is 9.95. The molecule has 1 fully saturated rings. The highest BCUT2D eigenvalue weighted by Gasteiger charge is 2.34. The summed E-state index contributed by atoms with van der Waals surface area (Å²) in [5.41, 5.74) is 2.06. The first-order valence-corrected chi connectivity index (χ1v) is 6.98. The van der Waals surface area contributed by atoms with Crippen molar-refractivity contribution in [1.82, 2.24) is 10.6 Å². The van der Waals surface area contributed by atoms with Crippen LogP contribution in [0, 0.1) is 5.92 Å². The van der Waals surface area contributed by atoms with Gasteiger partial charge in [-0.25, -0.2) is 0 Å². The number of carbonyl (C=O) groups excluding carboxylic acids is 2. The summed E-state index contributed by atoms with van der Waals surface area (Å²) in [6.45, 7) is 0.542. The molecule has 106 valence electrons. The van der Waals surface area contributed by atoms with Gasteiger partial charge in [-0.1, -0.05) is 24.3 Å². The van der Waals surface area contributed by atoms with Crippen LogP contribution in [-0.4, -0.2) is 29.6 Å². The smallest absolute Gasteiger partial charge is 0.224 e. The Morgan fingerprint density at radius 3 is 2.90 bits per heavy atom. The van der Waals surface area contributed by atoms with Gasteiger partial charge in [0, 0.05) is 25.3 Å². The van der Waals surface area contributed by atoms with Crippen molar-refractivity contribution in [3.8, 4) is 0 Å². The van der Waals surface area contributed by atoms with E-state index in [1.165, 1.54) is 0 Å². The van der Waals surface area contributed by atoms with E-state index < -0.39 is 6.10 Å². The molecular formula is C15H18N2O3. The third-order valence-corrected chi connectivity index (χ3v) is 4.12. The summed E-state index contributed by atoms with van der Waals surface area (Å²) in [6.07, 6.45) is 0.860. The first kappa shape index (κ1) is 13.1. The third kappa shape index (κ3) is 2.41. The van der Waals surface area contributed by atoms with E-state index in [9.17, 15) is 14.7 Å². The van der Waals surface area contributed by atoms with Gasteiger partial charge in [-0.3, -0.25) is 9.59 Å². The van der Waals surface area contributed by atoms with Crippen LogP contribution in [-0.2, 0) is 16.0 Å². The van der Waals surface area contributed by atoms with E-state index >= 15 is 0 Å². The predicted molar refractivity (Wildman–Crippen MR) is 72.8 cm³/mol. The first-order chi connectivity index (χ1) is 9.65. The van der Waals surface area contributed by atoms with Crippen molar-refractivity contribution in [2.24, 2.45) is 5.92 Å². The zero-order chi connectivity index (χ0) is 14.1. The zero-order valence-corrected chi connectivity index (χ0v) is 11.1. The maximum absolute atomic E-state index is 12.3. The van der Waals surface area contributed by atoms with Gasteiger partial charge in [0.2, 0.25) is 11.8 Å². The normalized spacial score (nSPS) is 28.6. The molecule has 1 aromatic carbocycles. The summed E-state index contributed by atoms with van der Waals surface area (Å²) < 4.78 is 0. The highest BCUT2D eigenvalue weighted by Crippen LogP contribution is 2.31. The molecule has 3 atom stereocenters. The molecule has 5 heteroatoms. The van der Waals surface area contributed by atoms with Gasteiger partial charge in [0.15, 0.2) is 0 Å². The zero-order valence-electron chi connectivity index (χ0n) is 11.1. The Bertz CT molecular complexity index is 544. The monoisotopic (exact) mass is 274 g/mol. The molecule has 0 spiro atoms. The van der Waals surface area contributed by atoms with Crippen molar-refractivity contribution in [3.05, 3.63) is 35.4 Å². The molecule has 2 aliphatic rings.